The van der Waals surface area contributed by atoms with E-state index < -0.39 is 0 Å². The minimum atomic E-state index is 0.795. The maximum absolute atomic E-state index is 4.26. The zero-order chi connectivity index (χ0) is 9.80. The van der Waals surface area contributed by atoms with Crippen molar-refractivity contribution in [1.29, 1.82) is 0 Å². The second kappa shape index (κ2) is 4.89. The maximum atomic E-state index is 4.26. The summed E-state index contributed by atoms with van der Waals surface area (Å²) in [5.41, 5.74) is 0. The molecule has 1 aliphatic rings. The molecular formula is C11H18N2S. The molecule has 0 unspecified atom stereocenters. The first kappa shape index (κ1) is 10.1. The fourth-order valence-corrected chi connectivity index (χ4v) is 2.84. The second-order valence-electron chi connectivity index (χ2n) is 4.03. The van der Waals surface area contributed by atoms with Gasteiger partial charge in [0.2, 0.25) is 0 Å². The zero-order valence-electron chi connectivity index (χ0n) is 8.75. The summed E-state index contributed by atoms with van der Waals surface area (Å²) in [7, 11) is 0. The normalized spacial score (nSPS) is 17.8. The van der Waals surface area contributed by atoms with Crippen molar-refractivity contribution in [2.45, 2.75) is 45.1 Å². The average molecular weight is 210 g/mol. The summed E-state index contributed by atoms with van der Waals surface area (Å²) in [5, 5.41) is 4.80. The van der Waals surface area contributed by atoms with E-state index in [-0.39, 0.29) is 0 Å². The molecule has 1 aromatic heterocycles. The summed E-state index contributed by atoms with van der Waals surface area (Å²) >= 11 is 1.82. The van der Waals surface area contributed by atoms with Crippen LogP contribution in [0.25, 0.3) is 0 Å². The number of rotatable bonds is 4. The minimum absolute atomic E-state index is 0.795. The van der Waals surface area contributed by atoms with E-state index in [1.54, 1.807) is 0 Å². The Bertz CT molecular complexity index is 277. The Kier molecular flexibility index (Phi) is 3.54. The number of nitrogens with one attached hydrogen (secondary N) is 1. The number of thiazole rings is 1. The molecule has 1 aromatic rings. The average Bonchev–Trinajstić information content (AvgIpc) is 2.77. The third kappa shape index (κ3) is 2.79. The van der Waals surface area contributed by atoms with E-state index in [4.69, 9.17) is 0 Å². The van der Waals surface area contributed by atoms with Crippen LogP contribution >= 0.6 is 11.3 Å². The summed E-state index contributed by atoms with van der Waals surface area (Å²) in [6, 6.07) is 0.795. The Morgan fingerprint density at radius 3 is 2.93 bits per heavy atom. The van der Waals surface area contributed by atoms with Gasteiger partial charge in [0, 0.05) is 23.7 Å². The number of hydrogen-bond donors (Lipinski definition) is 1. The Balaban J connectivity index is 1.67. The van der Waals surface area contributed by atoms with E-state index in [0.717, 1.165) is 19.0 Å². The molecule has 1 heterocycles. The van der Waals surface area contributed by atoms with Gasteiger partial charge in [-0.3, -0.25) is 0 Å². The summed E-state index contributed by atoms with van der Waals surface area (Å²) in [5.74, 6) is 0. The van der Waals surface area contributed by atoms with Gasteiger partial charge in [-0.2, -0.15) is 0 Å². The standard InChI is InChI=1S/C11H18N2S/c1-9-13-8-11(14-9)6-7-12-10-4-2-3-5-10/h8,10,12H,2-7H2,1H3. The van der Waals surface area contributed by atoms with E-state index in [9.17, 15) is 0 Å². The van der Waals surface area contributed by atoms with E-state index in [2.05, 4.69) is 17.2 Å². The molecule has 0 saturated heterocycles. The molecule has 0 radical (unpaired) electrons. The van der Waals surface area contributed by atoms with Gasteiger partial charge < -0.3 is 5.32 Å². The molecule has 0 aromatic carbocycles. The lowest BCUT2D eigenvalue weighted by Crippen LogP contribution is -2.27. The van der Waals surface area contributed by atoms with Crippen molar-refractivity contribution < 1.29 is 0 Å². The molecule has 14 heavy (non-hydrogen) atoms. The van der Waals surface area contributed by atoms with Gasteiger partial charge in [-0.25, -0.2) is 4.98 Å². The summed E-state index contributed by atoms with van der Waals surface area (Å²) in [4.78, 5) is 5.67. The van der Waals surface area contributed by atoms with Gasteiger partial charge in [-0.1, -0.05) is 12.8 Å². The zero-order valence-corrected chi connectivity index (χ0v) is 9.57. The molecule has 0 bridgehead atoms. The predicted molar refractivity (Wildman–Crippen MR) is 60.8 cm³/mol. The summed E-state index contributed by atoms with van der Waals surface area (Å²) in [6.07, 6.45) is 8.73. The first-order valence-electron chi connectivity index (χ1n) is 5.49. The lowest BCUT2D eigenvalue weighted by Gasteiger charge is -2.10. The molecule has 2 nitrogen and oxygen atoms in total. The number of aryl methyl sites for hydroxylation is 1. The van der Waals surface area contributed by atoms with Crippen LogP contribution in [0.3, 0.4) is 0 Å². The lowest BCUT2D eigenvalue weighted by atomic mass is 10.2. The molecule has 0 atom stereocenters. The van der Waals surface area contributed by atoms with Crippen molar-refractivity contribution >= 4 is 11.3 Å². The number of nitrogens with zero attached hydrogens (tertiary/aromatic N) is 1. The third-order valence-electron chi connectivity index (χ3n) is 2.83. The van der Waals surface area contributed by atoms with Crippen molar-refractivity contribution in [3.05, 3.63) is 16.1 Å². The lowest BCUT2D eigenvalue weighted by molar-refractivity contribution is 0.529. The highest BCUT2D eigenvalue weighted by molar-refractivity contribution is 7.11. The molecule has 2 rings (SSSR count). The topological polar surface area (TPSA) is 24.9 Å². The Morgan fingerprint density at radius 2 is 2.29 bits per heavy atom. The van der Waals surface area contributed by atoms with Crippen LogP contribution in [0.5, 0.6) is 0 Å². The molecule has 1 fully saturated rings. The van der Waals surface area contributed by atoms with E-state index in [0.29, 0.717) is 0 Å². The fraction of sp³-hybridized carbons (Fsp3) is 0.727. The highest BCUT2D eigenvalue weighted by atomic mass is 32.1. The number of hydrogen-bond acceptors (Lipinski definition) is 3. The molecule has 1 aliphatic carbocycles. The first-order chi connectivity index (χ1) is 6.84. The van der Waals surface area contributed by atoms with Gasteiger partial charge in [0.1, 0.15) is 0 Å². The van der Waals surface area contributed by atoms with E-state index in [1.807, 2.05) is 17.5 Å². The van der Waals surface area contributed by atoms with Crippen molar-refractivity contribution in [2.24, 2.45) is 0 Å². The Labute approximate surface area is 89.8 Å². The van der Waals surface area contributed by atoms with Crippen molar-refractivity contribution in [1.82, 2.24) is 10.3 Å². The molecule has 1 saturated carbocycles. The summed E-state index contributed by atoms with van der Waals surface area (Å²) < 4.78 is 0. The van der Waals surface area contributed by atoms with E-state index >= 15 is 0 Å². The highest BCUT2D eigenvalue weighted by Gasteiger charge is 2.13. The first-order valence-corrected chi connectivity index (χ1v) is 6.31. The Morgan fingerprint density at radius 1 is 1.50 bits per heavy atom. The van der Waals surface area contributed by atoms with Gasteiger partial charge in [-0.15, -0.1) is 11.3 Å². The van der Waals surface area contributed by atoms with E-state index in [1.165, 1.54) is 35.6 Å². The Hall–Kier alpha value is -0.410. The molecule has 0 amide bonds. The maximum Gasteiger partial charge on any atom is 0.0896 e. The SMILES string of the molecule is Cc1ncc(CCNC2CCCC2)s1. The molecule has 3 heteroatoms. The van der Waals surface area contributed by atoms with Crippen LogP contribution in [-0.2, 0) is 6.42 Å². The van der Waals surface area contributed by atoms with Crippen LogP contribution in [0.2, 0.25) is 0 Å². The second-order valence-corrected chi connectivity index (χ2v) is 5.35. The van der Waals surface area contributed by atoms with Crippen LogP contribution in [0.4, 0.5) is 0 Å². The van der Waals surface area contributed by atoms with Crippen LogP contribution in [0, 0.1) is 6.92 Å². The summed E-state index contributed by atoms with van der Waals surface area (Å²) in [6.45, 7) is 3.19. The van der Waals surface area contributed by atoms with Gasteiger partial charge >= 0.3 is 0 Å². The van der Waals surface area contributed by atoms with Crippen molar-refractivity contribution in [2.75, 3.05) is 6.54 Å². The quantitative estimate of drug-likeness (QED) is 0.826. The number of aromatic nitrogens is 1. The highest BCUT2D eigenvalue weighted by Crippen LogP contribution is 2.18. The monoisotopic (exact) mass is 210 g/mol. The third-order valence-corrected chi connectivity index (χ3v) is 3.80. The molecule has 0 spiro atoms. The van der Waals surface area contributed by atoms with Crippen molar-refractivity contribution in [3.8, 4) is 0 Å². The minimum Gasteiger partial charge on any atom is -0.314 e. The smallest absolute Gasteiger partial charge is 0.0896 e. The largest absolute Gasteiger partial charge is 0.314 e. The van der Waals surface area contributed by atoms with Gasteiger partial charge in [0.25, 0.3) is 0 Å². The molecule has 78 valence electrons. The van der Waals surface area contributed by atoms with Crippen molar-refractivity contribution in [3.63, 3.8) is 0 Å². The molecular weight excluding hydrogens is 192 g/mol. The van der Waals surface area contributed by atoms with Crippen LogP contribution in [0.1, 0.15) is 35.6 Å². The van der Waals surface area contributed by atoms with Gasteiger partial charge in [-0.05, 0) is 26.2 Å². The van der Waals surface area contributed by atoms with Gasteiger partial charge in [0.05, 0.1) is 5.01 Å². The van der Waals surface area contributed by atoms with Crippen LogP contribution in [-0.4, -0.2) is 17.6 Å². The van der Waals surface area contributed by atoms with Gasteiger partial charge in [0.15, 0.2) is 0 Å². The van der Waals surface area contributed by atoms with Crippen LogP contribution in [0.15, 0.2) is 6.20 Å². The predicted octanol–water partition coefficient (Wildman–Crippen LogP) is 2.53. The molecule has 1 N–H and O–H groups in total. The molecule has 0 aliphatic heterocycles. The van der Waals surface area contributed by atoms with Crippen LogP contribution < -0.4 is 5.32 Å². The fourth-order valence-electron chi connectivity index (χ4n) is 2.05.